The molecule has 1 N–H and O–H groups in total. The van der Waals surface area contributed by atoms with Crippen LogP contribution >= 0.6 is 11.8 Å². The summed E-state index contributed by atoms with van der Waals surface area (Å²) < 4.78 is 0. The van der Waals surface area contributed by atoms with Crippen LogP contribution in [0.2, 0.25) is 0 Å². The second kappa shape index (κ2) is 7.32. The summed E-state index contributed by atoms with van der Waals surface area (Å²) in [4.78, 5) is 3.92. The predicted octanol–water partition coefficient (Wildman–Crippen LogP) is 3.19. The summed E-state index contributed by atoms with van der Waals surface area (Å²) in [5, 5.41) is 9.92. The Labute approximate surface area is 121 Å². The first-order valence-electron chi connectivity index (χ1n) is 7.37. The fourth-order valence-corrected chi connectivity index (χ4v) is 4.32. The molecule has 1 unspecified atom stereocenters. The minimum atomic E-state index is 0.265. The number of aliphatic hydroxyl groups is 1. The molecule has 0 radical (unpaired) electrons. The van der Waals surface area contributed by atoms with E-state index in [9.17, 15) is 5.11 Å². The molecule has 2 rings (SSSR count). The van der Waals surface area contributed by atoms with E-state index >= 15 is 0 Å². The summed E-state index contributed by atoms with van der Waals surface area (Å²) in [5.41, 5.74) is 1.49. The molecule has 1 aromatic carbocycles. The highest BCUT2D eigenvalue weighted by atomic mass is 32.2. The molecule has 0 bridgehead atoms. The van der Waals surface area contributed by atoms with Crippen LogP contribution in [0.25, 0.3) is 0 Å². The standard InChI is InChI=1S/C16H25NOS/c1-3-14(4-2)17(9-10-18)12-15-11-13-7-5-6-8-16(13)19-15/h5-8,14-15,18H,3-4,9-12H2,1-2H3. The quantitative estimate of drug-likeness (QED) is 0.829. The van der Waals surface area contributed by atoms with Crippen LogP contribution < -0.4 is 0 Å². The van der Waals surface area contributed by atoms with E-state index in [1.165, 1.54) is 29.7 Å². The molecule has 0 fully saturated rings. The van der Waals surface area contributed by atoms with Gasteiger partial charge in [0.25, 0.3) is 0 Å². The van der Waals surface area contributed by atoms with E-state index in [1.54, 1.807) is 0 Å². The van der Waals surface area contributed by atoms with Gasteiger partial charge in [-0.25, -0.2) is 0 Å². The summed E-state index contributed by atoms with van der Waals surface area (Å²) in [6, 6.07) is 9.34. The highest BCUT2D eigenvalue weighted by Crippen LogP contribution is 2.37. The van der Waals surface area contributed by atoms with Crippen molar-refractivity contribution in [3.63, 3.8) is 0 Å². The average Bonchev–Trinajstić information content (AvgIpc) is 2.82. The van der Waals surface area contributed by atoms with Crippen molar-refractivity contribution in [3.05, 3.63) is 29.8 Å². The van der Waals surface area contributed by atoms with Crippen LogP contribution in [0.3, 0.4) is 0 Å². The van der Waals surface area contributed by atoms with Gasteiger partial charge < -0.3 is 5.11 Å². The topological polar surface area (TPSA) is 23.5 Å². The van der Waals surface area contributed by atoms with Gasteiger partial charge in [-0.05, 0) is 30.9 Å². The number of hydrogen-bond acceptors (Lipinski definition) is 3. The third-order valence-corrected chi connectivity index (χ3v) is 5.30. The first kappa shape index (κ1) is 14.9. The molecule has 1 aliphatic heterocycles. The molecule has 1 aromatic rings. The molecule has 19 heavy (non-hydrogen) atoms. The smallest absolute Gasteiger partial charge is 0.0558 e. The Morgan fingerprint density at radius 1 is 1.32 bits per heavy atom. The molecule has 1 aliphatic rings. The number of nitrogens with zero attached hydrogens (tertiary/aromatic N) is 1. The van der Waals surface area contributed by atoms with Crippen LogP contribution in [0.15, 0.2) is 29.2 Å². The van der Waals surface area contributed by atoms with Gasteiger partial charge in [0.05, 0.1) is 6.61 Å². The molecule has 1 heterocycles. The lowest BCUT2D eigenvalue weighted by atomic mass is 10.1. The maximum absolute atomic E-state index is 9.28. The van der Waals surface area contributed by atoms with Crippen molar-refractivity contribution in [2.75, 3.05) is 19.7 Å². The van der Waals surface area contributed by atoms with Gasteiger partial charge in [0.1, 0.15) is 0 Å². The zero-order valence-corrected chi connectivity index (χ0v) is 12.8. The number of fused-ring (bicyclic) bond motifs is 1. The number of benzene rings is 1. The van der Waals surface area contributed by atoms with E-state index < -0.39 is 0 Å². The zero-order chi connectivity index (χ0) is 13.7. The molecule has 2 nitrogen and oxygen atoms in total. The van der Waals surface area contributed by atoms with Gasteiger partial charge in [-0.1, -0.05) is 32.0 Å². The van der Waals surface area contributed by atoms with Gasteiger partial charge in [0.15, 0.2) is 0 Å². The van der Waals surface area contributed by atoms with Crippen LogP contribution in [-0.4, -0.2) is 41.0 Å². The van der Waals surface area contributed by atoms with Gasteiger partial charge in [-0.3, -0.25) is 4.90 Å². The highest BCUT2D eigenvalue weighted by Gasteiger charge is 2.25. The molecule has 0 aliphatic carbocycles. The Bertz CT molecular complexity index is 367. The molecule has 0 saturated carbocycles. The van der Waals surface area contributed by atoms with Crippen LogP contribution in [0.5, 0.6) is 0 Å². The molecular weight excluding hydrogens is 254 g/mol. The van der Waals surface area contributed by atoms with E-state index in [2.05, 4.69) is 43.0 Å². The molecule has 0 aromatic heterocycles. The minimum absolute atomic E-state index is 0.265. The summed E-state index contributed by atoms with van der Waals surface area (Å²) in [7, 11) is 0. The van der Waals surface area contributed by atoms with Gasteiger partial charge in [0, 0.05) is 29.3 Å². The van der Waals surface area contributed by atoms with Gasteiger partial charge in [0.2, 0.25) is 0 Å². The van der Waals surface area contributed by atoms with Gasteiger partial charge in [-0.2, -0.15) is 0 Å². The molecule has 106 valence electrons. The van der Waals surface area contributed by atoms with E-state index in [1.807, 2.05) is 11.8 Å². The highest BCUT2D eigenvalue weighted by molar-refractivity contribution is 8.00. The minimum Gasteiger partial charge on any atom is -0.395 e. The summed E-state index contributed by atoms with van der Waals surface area (Å²) in [6.45, 7) is 6.65. The van der Waals surface area contributed by atoms with Crippen molar-refractivity contribution in [1.29, 1.82) is 0 Å². The van der Waals surface area contributed by atoms with Crippen LogP contribution in [-0.2, 0) is 6.42 Å². The van der Waals surface area contributed by atoms with Crippen LogP contribution in [0, 0.1) is 0 Å². The Kier molecular flexibility index (Phi) is 5.74. The second-order valence-electron chi connectivity index (χ2n) is 5.24. The largest absolute Gasteiger partial charge is 0.395 e. The fraction of sp³-hybridized carbons (Fsp3) is 0.625. The predicted molar refractivity (Wildman–Crippen MR) is 82.8 cm³/mol. The Morgan fingerprint density at radius 3 is 2.68 bits per heavy atom. The van der Waals surface area contributed by atoms with E-state index in [4.69, 9.17) is 0 Å². The maximum Gasteiger partial charge on any atom is 0.0558 e. The van der Waals surface area contributed by atoms with Crippen molar-refractivity contribution < 1.29 is 5.11 Å². The summed E-state index contributed by atoms with van der Waals surface area (Å²) >= 11 is 2.01. The Hall–Kier alpha value is -0.510. The van der Waals surface area contributed by atoms with Gasteiger partial charge >= 0.3 is 0 Å². The summed E-state index contributed by atoms with van der Waals surface area (Å²) in [5.74, 6) is 0. The third kappa shape index (κ3) is 3.74. The monoisotopic (exact) mass is 279 g/mol. The van der Waals surface area contributed by atoms with Crippen molar-refractivity contribution in [2.45, 2.75) is 49.3 Å². The number of thioether (sulfide) groups is 1. The lowest BCUT2D eigenvalue weighted by molar-refractivity contribution is 0.144. The lowest BCUT2D eigenvalue weighted by Crippen LogP contribution is -2.40. The first-order chi connectivity index (χ1) is 9.28. The Balaban J connectivity index is 1.96. The number of aliphatic hydroxyl groups excluding tert-OH is 1. The molecule has 0 spiro atoms. The van der Waals surface area contributed by atoms with Crippen molar-refractivity contribution in [2.24, 2.45) is 0 Å². The second-order valence-corrected chi connectivity index (χ2v) is 6.58. The average molecular weight is 279 g/mol. The molecule has 0 saturated heterocycles. The summed E-state index contributed by atoms with van der Waals surface area (Å²) in [6.07, 6.45) is 3.50. The normalized spacial score (nSPS) is 18.3. The van der Waals surface area contributed by atoms with Crippen molar-refractivity contribution in [3.8, 4) is 0 Å². The Morgan fingerprint density at radius 2 is 2.05 bits per heavy atom. The maximum atomic E-state index is 9.28. The zero-order valence-electron chi connectivity index (χ0n) is 12.0. The van der Waals surface area contributed by atoms with Crippen molar-refractivity contribution in [1.82, 2.24) is 4.90 Å². The van der Waals surface area contributed by atoms with Gasteiger partial charge in [-0.15, -0.1) is 11.8 Å². The van der Waals surface area contributed by atoms with E-state index in [0.717, 1.165) is 13.1 Å². The number of rotatable bonds is 7. The molecular formula is C16H25NOS. The third-order valence-electron chi connectivity index (χ3n) is 4.00. The van der Waals surface area contributed by atoms with Crippen LogP contribution in [0.4, 0.5) is 0 Å². The molecule has 3 heteroatoms. The van der Waals surface area contributed by atoms with E-state index in [-0.39, 0.29) is 6.61 Å². The lowest BCUT2D eigenvalue weighted by Gasteiger charge is -2.31. The SMILES string of the molecule is CCC(CC)N(CCO)CC1Cc2ccccc2S1. The fourth-order valence-electron chi connectivity index (χ4n) is 2.97. The molecule has 0 amide bonds. The number of hydrogen-bond donors (Lipinski definition) is 1. The first-order valence-corrected chi connectivity index (χ1v) is 8.25. The van der Waals surface area contributed by atoms with Crippen molar-refractivity contribution >= 4 is 11.8 Å². The van der Waals surface area contributed by atoms with E-state index in [0.29, 0.717) is 11.3 Å². The van der Waals surface area contributed by atoms with Crippen LogP contribution in [0.1, 0.15) is 32.3 Å². The molecule has 1 atom stereocenters.